The molecule has 0 saturated heterocycles. The monoisotopic (exact) mass is 187 g/mol. The van der Waals surface area contributed by atoms with Crippen LogP contribution in [0.4, 0.5) is 5.69 Å². The summed E-state index contributed by atoms with van der Waals surface area (Å²) < 4.78 is 0. The molecule has 12 heavy (non-hydrogen) atoms. The first-order chi connectivity index (χ1) is 5.54. The second kappa shape index (κ2) is 2.98. The Morgan fingerprint density at radius 3 is 2.58 bits per heavy atom. The zero-order valence-electron chi connectivity index (χ0n) is 6.24. The fourth-order valence-corrected chi connectivity index (χ4v) is 1.04. The van der Waals surface area contributed by atoms with E-state index in [4.69, 9.17) is 11.6 Å². The third kappa shape index (κ3) is 1.33. The largest absolute Gasteiger partial charge is 0.501 e. The smallest absolute Gasteiger partial charge is 0.315 e. The zero-order valence-corrected chi connectivity index (χ0v) is 7.00. The lowest BCUT2D eigenvalue weighted by Gasteiger charge is -2.00. The second-order valence-electron chi connectivity index (χ2n) is 2.32. The van der Waals surface area contributed by atoms with Crippen molar-refractivity contribution in [1.82, 2.24) is 0 Å². The first-order valence-electron chi connectivity index (χ1n) is 3.16. The van der Waals surface area contributed by atoms with E-state index < -0.39 is 10.7 Å². The van der Waals surface area contributed by atoms with Gasteiger partial charge in [0.2, 0.25) is 5.75 Å². The number of hydrogen-bond acceptors (Lipinski definition) is 3. The van der Waals surface area contributed by atoms with Crippen LogP contribution >= 0.6 is 11.6 Å². The molecule has 0 aliphatic heterocycles. The average molecular weight is 188 g/mol. The van der Waals surface area contributed by atoms with Gasteiger partial charge in [-0.3, -0.25) is 10.1 Å². The number of phenolic OH excluding ortho intramolecular Hbond substituents is 1. The Morgan fingerprint density at radius 1 is 1.58 bits per heavy atom. The molecule has 0 bridgehead atoms. The van der Waals surface area contributed by atoms with Crippen molar-refractivity contribution < 1.29 is 10.0 Å². The number of hydrogen-bond donors (Lipinski definition) is 1. The van der Waals surface area contributed by atoms with E-state index in [1.165, 1.54) is 19.1 Å². The van der Waals surface area contributed by atoms with Gasteiger partial charge in [0.1, 0.15) is 0 Å². The molecule has 0 atom stereocenters. The molecule has 0 fully saturated rings. The summed E-state index contributed by atoms with van der Waals surface area (Å²) in [6.07, 6.45) is 0. The van der Waals surface area contributed by atoms with E-state index in [2.05, 4.69) is 0 Å². The van der Waals surface area contributed by atoms with Gasteiger partial charge in [-0.25, -0.2) is 0 Å². The number of benzene rings is 1. The molecule has 0 saturated carbocycles. The SMILES string of the molecule is Cc1ccc(Cl)c(O)c1[N+](=O)[O-]. The molecule has 5 heteroatoms. The third-order valence-electron chi connectivity index (χ3n) is 1.49. The van der Waals surface area contributed by atoms with Crippen molar-refractivity contribution in [2.75, 3.05) is 0 Å². The maximum absolute atomic E-state index is 10.4. The molecule has 0 unspecified atom stereocenters. The maximum Gasteiger partial charge on any atom is 0.315 e. The van der Waals surface area contributed by atoms with Crippen LogP contribution in [-0.2, 0) is 0 Å². The topological polar surface area (TPSA) is 63.4 Å². The molecule has 1 N–H and O–H groups in total. The van der Waals surface area contributed by atoms with E-state index in [1.54, 1.807) is 0 Å². The lowest BCUT2D eigenvalue weighted by Crippen LogP contribution is -1.92. The third-order valence-corrected chi connectivity index (χ3v) is 1.79. The minimum Gasteiger partial charge on any atom is -0.501 e. The Morgan fingerprint density at radius 2 is 2.17 bits per heavy atom. The summed E-state index contributed by atoms with van der Waals surface area (Å²) >= 11 is 5.48. The summed E-state index contributed by atoms with van der Waals surface area (Å²) in [7, 11) is 0. The lowest BCUT2D eigenvalue weighted by molar-refractivity contribution is -0.386. The van der Waals surface area contributed by atoms with Gasteiger partial charge < -0.3 is 5.11 Å². The second-order valence-corrected chi connectivity index (χ2v) is 2.73. The molecule has 0 spiro atoms. The molecule has 1 aromatic carbocycles. The molecule has 0 aliphatic carbocycles. The fourth-order valence-electron chi connectivity index (χ4n) is 0.886. The number of phenols is 1. The van der Waals surface area contributed by atoms with Crippen molar-refractivity contribution in [3.05, 3.63) is 32.8 Å². The Labute approximate surface area is 73.5 Å². The molecular formula is C7H6ClNO3. The summed E-state index contributed by atoms with van der Waals surface area (Å²) in [6, 6.07) is 2.90. The van der Waals surface area contributed by atoms with Gasteiger partial charge in [-0.15, -0.1) is 0 Å². The highest BCUT2D eigenvalue weighted by atomic mass is 35.5. The Hall–Kier alpha value is -1.29. The first kappa shape index (κ1) is 8.80. The van der Waals surface area contributed by atoms with Gasteiger partial charge in [0.15, 0.2) is 0 Å². The number of halogens is 1. The Bertz CT molecular complexity index is 338. The van der Waals surface area contributed by atoms with Crippen molar-refractivity contribution in [2.24, 2.45) is 0 Å². The highest BCUT2D eigenvalue weighted by molar-refractivity contribution is 6.32. The molecule has 0 amide bonds. The van der Waals surface area contributed by atoms with E-state index in [1.807, 2.05) is 0 Å². The minimum atomic E-state index is -0.656. The van der Waals surface area contributed by atoms with Gasteiger partial charge in [0.25, 0.3) is 0 Å². The van der Waals surface area contributed by atoms with Crippen LogP contribution in [0.5, 0.6) is 5.75 Å². The van der Waals surface area contributed by atoms with Crippen molar-refractivity contribution in [3.8, 4) is 5.75 Å². The van der Waals surface area contributed by atoms with E-state index in [0.29, 0.717) is 5.56 Å². The molecule has 1 aromatic rings. The number of nitro groups is 1. The van der Waals surface area contributed by atoms with Crippen molar-refractivity contribution in [1.29, 1.82) is 0 Å². The normalized spacial score (nSPS) is 9.83. The van der Waals surface area contributed by atoms with E-state index >= 15 is 0 Å². The summed E-state index contributed by atoms with van der Waals surface area (Å²) in [6.45, 7) is 1.54. The molecule has 4 nitrogen and oxygen atoms in total. The Balaban J connectivity index is 3.43. The molecule has 64 valence electrons. The first-order valence-corrected chi connectivity index (χ1v) is 3.54. The molecule has 1 rings (SSSR count). The van der Waals surface area contributed by atoms with Crippen LogP contribution < -0.4 is 0 Å². The lowest BCUT2D eigenvalue weighted by atomic mass is 10.2. The summed E-state index contributed by atoms with van der Waals surface area (Å²) in [5, 5.41) is 19.5. The predicted octanol–water partition coefficient (Wildman–Crippen LogP) is 2.26. The van der Waals surface area contributed by atoms with Crippen LogP contribution in [0.1, 0.15) is 5.56 Å². The summed E-state index contributed by atoms with van der Waals surface area (Å²) in [4.78, 5) is 9.73. The molecular weight excluding hydrogens is 182 g/mol. The molecule has 0 radical (unpaired) electrons. The van der Waals surface area contributed by atoms with Gasteiger partial charge >= 0.3 is 5.69 Å². The van der Waals surface area contributed by atoms with Crippen LogP contribution in [0.2, 0.25) is 5.02 Å². The molecule has 0 aliphatic rings. The molecule has 0 aromatic heterocycles. The number of nitrogens with zero attached hydrogens (tertiary/aromatic N) is 1. The van der Waals surface area contributed by atoms with Crippen molar-refractivity contribution >= 4 is 17.3 Å². The van der Waals surface area contributed by atoms with Crippen LogP contribution in [-0.4, -0.2) is 10.0 Å². The standard InChI is InChI=1S/C7H6ClNO3/c1-4-2-3-5(8)7(10)6(4)9(11)12/h2-3,10H,1H3. The number of aryl methyl sites for hydroxylation is 1. The summed E-state index contributed by atoms with van der Waals surface area (Å²) in [5.41, 5.74) is 0.0596. The highest BCUT2D eigenvalue weighted by Gasteiger charge is 2.18. The number of rotatable bonds is 1. The molecule has 0 heterocycles. The van der Waals surface area contributed by atoms with Gasteiger partial charge in [-0.1, -0.05) is 17.7 Å². The predicted molar refractivity (Wildman–Crippen MR) is 44.5 cm³/mol. The van der Waals surface area contributed by atoms with E-state index in [9.17, 15) is 15.2 Å². The van der Waals surface area contributed by atoms with Crippen LogP contribution in [0.15, 0.2) is 12.1 Å². The van der Waals surface area contributed by atoms with Crippen molar-refractivity contribution in [3.63, 3.8) is 0 Å². The zero-order chi connectivity index (χ0) is 9.30. The Kier molecular flexibility index (Phi) is 2.19. The fraction of sp³-hybridized carbons (Fsp3) is 0.143. The van der Waals surface area contributed by atoms with E-state index in [0.717, 1.165) is 0 Å². The minimum absolute atomic E-state index is 0.00713. The van der Waals surface area contributed by atoms with Crippen LogP contribution in [0.25, 0.3) is 0 Å². The van der Waals surface area contributed by atoms with Crippen LogP contribution in [0.3, 0.4) is 0 Å². The van der Waals surface area contributed by atoms with E-state index in [-0.39, 0.29) is 10.7 Å². The number of nitro benzene ring substituents is 1. The van der Waals surface area contributed by atoms with Crippen molar-refractivity contribution in [2.45, 2.75) is 6.92 Å². The number of aromatic hydroxyl groups is 1. The highest BCUT2D eigenvalue weighted by Crippen LogP contribution is 2.35. The van der Waals surface area contributed by atoms with Gasteiger partial charge in [0.05, 0.1) is 9.95 Å². The quantitative estimate of drug-likeness (QED) is 0.542. The maximum atomic E-state index is 10.4. The van der Waals surface area contributed by atoms with Gasteiger partial charge in [-0.2, -0.15) is 0 Å². The van der Waals surface area contributed by atoms with Gasteiger partial charge in [-0.05, 0) is 13.0 Å². The summed E-state index contributed by atoms with van der Waals surface area (Å²) in [5.74, 6) is -0.471. The average Bonchev–Trinajstić information content (AvgIpc) is 1.97. The van der Waals surface area contributed by atoms with Crippen LogP contribution in [0, 0.1) is 17.0 Å². The van der Waals surface area contributed by atoms with Gasteiger partial charge in [0, 0.05) is 5.56 Å².